The van der Waals surface area contributed by atoms with E-state index in [2.05, 4.69) is 27.8 Å². The molecule has 0 aliphatic heterocycles. The molecule has 1 aromatic carbocycles. The van der Waals surface area contributed by atoms with Crippen LogP contribution in [0.5, 0.6) is 0 Å². The van der Waals surface area contributed by atoms with Crippen molar-refractivity contribution in [2.24, 2.45) is 5.92 Å². The van der Waals surface area contributed by atoms with Crippen molar-refractivity contribution in [3.8, 4) is 0 Å². The van der Waals surface area contributed by atoms with Crippen LogP contribution in [-0.2, 0) is 0 Å². The monoisotopic (exact) mass is 381 g/mol. The second-order valence-corrected chi connectivity index (χ2v) is 7.05. The molecule has 0 bridgehead atoms. The Kier molecular flexibility index (Phi) is 8.24. The summed E-state index contributed by atoms with van der Waals surface area (Å²) in [5.74, 6) is 0.889. The topological polar surface area (TPSA) is 75.9 Å². The van der Waals surface area contributed by atoms with Crippen molar-refractivity contribution in [3.63, 3.8) is 0 Å². The number of nitrogens with zero attached hydrogens (tertiary/aromatic N) is 4. The van der Waals surface area contributed by atoms with Crippen molar-refractivity contribution in [2.45, 2.75) is 58.5 Å². The number of aromatic nitrogens is 4. The number of nitrogens with one attached hydrogen (secondary N) is 1. The molecule has 150 valence electrons. The Morgan fingerprint density at radius 2 is 1.93 bits per heavy atom. The molecular formula is C19H29F2N5O. The maximum Gasteiger partial charge on any atom is 0.263 e. The van der Waals surface area contributed by atoms with Crippen molar-refractivity contribution in [2.75, 3.05) is 13.2 Å². The highest BCUT2D eigenvalue weighted by Crippen LogP contribution is 2.27. The Hall–Kier alpha value is -1.93. The number of alkyl halides is 2. The number of aliphatic hydroxyl groups is 1. The lowest BCUT2D eigenvalue weighted by atomic mass is 9.98. The maximum atomic E-state index is 13.2. The van der Waals surface area contributed by atoms with Crippen LogP contribution in [0.15, 0.2) is 24.3 Å². The first-order valence-corrected chi connectivity index (χ1v) is 9.47. The van der Waals surface area contributed by atoms with Gasteiger partial charge in [-0.1, -0.05) is 31.5 Å². The van der Waals surface area contributed by atoms with E-state index in [-0.39, 0.29) is 18.2 Å². The van der Waals surface area contributed by atoms with E-state index in [1.807, 2.05) is 19.9 Å². The van der Waals surface area contributed by atoms with Gasteiger partial charge in [0.1, 0.15) is 0 Å². The molecule has 0 saturated carbocycles. The highest BCUT2D eigenvalue weighted by Gasteiger charge is 2.24. The van der Waals surface area contributed by atoms with Crippen LogP contribution in [0.4, 0.5) is 8.78 Å². The summed E-state index contributed by atoms with van der Waals surface area (Å²) in [6.07, 6.45) is 0.155. The smallest absolute Gasteiger partial charge is 0.263 e. The molecule has 0 aliphatic rings. The van der Waals surface area contributed by atoms with Crippen molar-refractivity contribution in [3.05, 3.63) is 41.2 Å². The molecule has 2 unspecified atom stereocenters. The van der Waals surface area contributed by atoms with E-state index < -0.39 is 12.5 Å². The van der Waals surface area contributed by atoms with Gasteiger partial charge in [-0.05, 0) is 61.2 Å². The van der Waals surface area contributed by atoms with Gasteiger partial charge in [0.05, 0.1) is 12.1 Å². The van der Waals surface area contributed by atoms with E-state index in [1.165, 1.54) is 12.1 Å². The lowest BCUT2D eigenvalue weighted by Gasteiger charge is -2.23. The van der Waals surface area contributed by atoms with E-state index in [0.717, 1.165) is 12.8 Å². The van der Waals surface area contributed by atoms with Gasteiger partial charge < -0.3 is 10.4 Å². The summed E-state index contributed by atoms with van der Waals surface area (Å²) in [4.78, 5) is 0. The van der Waals surface area contributed by atoms with Crippen LogP contribution >= 0.6 is 0 Å². The lowest BCUT2D eigenvalue weighted by Crippen LogP contribution is -2.31. The highest BCUT2D eigenvalue weighted by molar-refractivity contribution is 5.30. The van der Waals surface area contributed by atoms with Crippen LogP contribution in [-0.4, -0.2) is 38.5 Å². The molecule has 0 radical (unpaired) electrons. The lowest BCUT2D eigenvalue weighted by molar-refractivity contribution is 0.151. The third-order valence-corrected chi connectivity index (χ3v) is 4.61. The van der Waals surface area contributed by atoms with Crippen LogP contribution in [0.3, 0.4) is 0 Å². The van der Waals surface area contributed by atoms with Gasteiger partial charge in [-0.15, -0.1) is 5.10 Å². The van der Waals surface area contributed by atoms with Gasteiger partial charge >= 0.3 is 0 Å². The van der Waals surface area contributed by atoms with Gasteiger partial charge in [0.15, 0.2) is 5.82 Å². The fourth-order valence-electron chi connectivity index (χ4n) is 3.21. The fraction of sp³-hybridized carbons (Fsp3) is 0.632. The maximum absolute atomic E-state index is 13.2. The van der Waals surface area contributed by atoms with Crippen molar-refractivity contribution in [1.82, 2.24) is 25.5 Å². The van der Waals surface area contributed by atoms with E-state index in [4.69, 9.17) is 0 Å². The van der Waals surface area contributed by atoms with Crippen LogP contribution in [0, 0.1) is 5.92 Å². The minimum atomic E-state index is -2.53. The Balaban J connectivity index is 2.34. The molecule has 2 atom stereocenters. The van der Waals surface area contributed by atoms with Crippen LogP contribution in [0.25, 0.3) is 0 Å². The number of rotatable bonds is 11. The van der Waals surface area contributed by atoms with Crippen molar-refractivity contribution < 1.29 is 13.9 Å². The van der Waals surface area contributed by atoms with Crippen molar-refractivity contribution >= 4 is 0 Å². The molecule has 1 aromatic heterocycles. The number of benzene rings is 1. The Morgan fingerprint density at radius 1 is 1.19 bits per heavy atom. The van der Waals surface area contributed by atoms with Crippen molar-refractivity contribution in [1.29, 1.82) is 0 Å². The number of hydrogen-bond donors (Lipinski definition) is 2. The molecule has 2 rings (SSSR count). The summed E-state index contributed by atoms with van der Waals surface area (Å²) in [6, 6.07) is 6.00. The minimum absolute atomic E-state index is 0.0247. The zero-order valence-corrected chi connectivity index (χ0v) is 16.1. The zero-order chi connectivity index (χ0) is 19.8. The van der Waals surface area contributed by atoms with E-state index in [1.54, 1.807) is 10.7 Å². The highest BCUT2D eigenvalue weighted by atomic mass is 19.3. The Labute approximate surface area is 159 Å². The Morgan fingerprint density at radius 3 is 2.56 bits per heavy atom. The number of hydrogen-bond acceptors (Lipinski definition) is 5. The number of aliphatic hydroxyl groups excluding tert-OH is 1. The summed E-state index contributed by atoms with van der Waals surface area (Å²) in [7, 11) is 0. The molecule has 8 heteroatoms. The summed E-state index contributed by atoms with van der Waals surface area (Å²) in [5.41, 5.74) is 0.673. The average Bonchev–Trinajstić information content (AvgIpc) is 3.12. The fourth-order valence-corrected chi connectivity index (χ4v) is 3.21. The van der Waals surface area contributed by atoms with Crippen LogP contribution in [0.1, 0.15) is 75.5 Å². The van der Waals surface area contributed by atoms with Gasteiger partial charge in [0.25, 0.3) is 6.43 Å². The first-order chi connectivity index (χ1) is 13.0. The number of halogens is 2. The van der Waals surface area contributed by atoms with Crippen LogP contribution in [0.2, 0.25) is 0 Å². The number of tetrazole rings is 1. The molecule has 2 N–H and O–H groups in total. The predicted octanol–water partition coefficient (Wildman–Crippen LogP) is 3.67. The molecule has 0 spiro atoms. The van der Waals surface area contributed by atoms with E-state index >= 15 is 0 Å². The zero-order valence-electron chi connectivity index (χ0n) is 16.1. The third kappa shape index (κ3) is 5.77. The molecule has 0 fully saturated rings. The molecule has 6 nitrogen and oxygen atoms in total. The Bertz CT molecular complexity index is 686. The average molecular weight is 381 g/mol. The van der Waals surface area contributed by atoms with Crippen LogP contribution < -0.4 is 5.32 Å². The van der Waals surface area contributed by atoms with Gasteiger partial charge in [-0.2, -0.15) is 0 Å². The van der Waals surface area contributed by atoms with E-state index in [0.29, 0.717) is 30.3 Å². The second-order valence-electron chi connectivity index (χ2n) is 7.05. The molecule has 1 heterocycles. The second kappa shape index (κ2) is 10.4. The minimum Gasteiger partial charge on any atom is -0.396 e. The molecule has 0 saturated heterocycles. The first-order valence-electron chi connectivity index (χ1n) is 9.47. The summed E-state index contributed by atoms with van der Waals surface area (Å²) in [5, 5.41) is 24.7. The van der Waals surface area contributed by atoms with Gasteiger partial charge in [0.2, 0.25) is 0 Å². The summed E-state index contributed by atoms with van der Waals surface area (Å²) >= 11 is 0. The largest absolute Gasteiger partial charge is 0.396 e. The van der Waals surface area contributed by atoms with Gasteiger partial charge in [-0.3, -0.25) is 0 Å². The van der Waals surface area contributed by atoms with E-state index in [9.17, 15) is 13.9 Å². The normalized spacial score (nSPS) is 14.1. The first kappa shape index (κ1) is 21.4. The quantitative estimate of drug-likeness (QED) is 0.621. The molecule has 2 aromatic rings. The molecule has 0 amide bonds. The van der Waals surface area contributed by atoms with Gasteiger partial charge in [-0.25, -0.2) is 13.5 Å². The molecule has 27 heavy (non-hydrogen) atoms. The van der Waals surface area contributed by atoms with Gasteiger partial charge in [0, 0.05) is 12.2 Å². The SMILES string of the molecule is CCCC(CCO)CNC(c1cccc(C(F)F)c1)c1nnnn1C(C)C. The standard InChI is InChI=1S/C19H29F2N5O/c1-4-6-14(9-10-27)12-22-17(19-23-24-25-26(19)13(2)3)15-7-5-8-16(11-15)18(20)21/h5,7-8,11,13-14,17-18,22,27H,4,6,9-10,12H2,1-3H3. The third-order valence-electron chi connectivity index (χ3n) is 4.61. The molecule has 0 aliphatic carbocycles. The predicted molar refractivity (Wildman–Crippen MR) is 99.5 cm³/mol. The molecular weight excluding hydrogens is 352 g/mol. The summed E-state index contributed by atoms with van der Waals surface area (Å²) < 4.78 is 28.1. The summed E-state index contributed by atoms with van der Waals surface area (Å²) in [6.45, 7) is 6.81.